The summed E-state index contributed by atoms with van der Waals surface area (Å²) in [5, 5.41) is 3.99. The van der Waals surface area contributed by atoms with E-state index in [9.17, 15) is 4.79 Å². The van der Waals surface area contributed by atoms with Crippen LogP contribution in [0.5, 0.6) is 5.75 Å². The number of hydrogen-bond acceptors (Lipinski definition) is 5. The Morgan fingerprint density at radius 2 is 2.11 bits per heavy atom. The minimum absolute atomic E-state index is 0.0154. The number of nitrogen functional groups attached to an aromatic ring is 1. The summed E-state index contributed by atoms with van der Waals surface area (Å²) in [5.41, 5.74) is 6.44. The van der Waals surface area contributed by atoms with Gasteiger partial charge < -0.3 is 20.7 Å². The van der Waals surface area contributed by atoms with Gasteiger partial charge >= 0.3 is 0 Å². The molecule has 0 aromatic carbocycles. The van der Waals surface area contributed by atoms with Crippen molar-refractivity contribution in [2.45, 2.75) is 26.9 Å². The van der Waals surface area contributed by atoms with Gasteiger partial charge in [-0.1, -0.05) is 0 Å². The summed E-state index contributed by atoms with van der Waals surface area (Å²) in [6, 6.07) is 0. The highest BCUT2D eigenvalue weighted by Gasteiger charge is 2.23. The van der Waals surface area contributed by atoms with E-state index in [0.29, 0.717) is 16.3 Å². The van der Waals surface area contributed by atoms with Crippen molar-refractivity contribution >= 4 is 27.9 Å². The molecule has 5 nitrogen and oxygen atoms in total. The molecule has 1 rings (SSSR count). The van der Waals surface area contributed by atoms with E-state index in [1.807, 2.05) is 20.8 Å². The number of nitrogens with two attached hydrogens (primary N) is 1. The molecular formula is C12H21N3O2S. The van der Waals surface area contributed by atoms with E-state index < -0.39 is 0 Å². The maximum atomic E-state index is 12.0. The molecular weight excluding hydrogens is 250 g/mol. The zero-order valence-electron chi connectivity index (χ0n) is 11.5. The van der Waals surface area contributed by atoms with Crippen molar-refractivity contribution in [3.05, 3.63) is 4.88 Å². The summed E-state index contributed by atoms with van der Waals surface area (Å²) in [7, 11) is 3.41. The van der Waals surface area contributed by atoms with Crippen LogP contribution in [0.2, 0.25) is 0 Å². The van der Waals surface area contributed by atoms with Gasteiger partial charge in [-0.05, 0) is 20.8 Å². The Hall–Kier alpha value is -1.43. The van der Waals surface area contributed by atoms with Gasteiger partial charge in [-0.25, -0.2) is 0 Å². The summed E-state index contributed by atoms with van der Waals surface area (Å²) < 4.78 is 5.69. The molecule has 0 aliphatic heterocycles. The Labute approximate surface area is 112 Å². The molecule has 0 saturated heterocycles. The molecule has 0 fully saturated rings. The molecule has 1 aromatic heterocycles. The largest absolute Gasteiger partial charge is 0.486 e. The van der Waals surface area contributed by atoms with Crippen molar-refractivity contribution in [1.29, 1.82) is 0 Å². The van der Waals surface area contributed by atoms with Crippen LogP contribution >= 0.6 is 11.3 Å². The molecule has 3 N–H and O–H groups in total. The lowest BCUT2D eigenvalue weighted by atomic mass is 10.3. The van der Waals surface area contributed by atoms with Crippen molar-refractivity contribution in [2.75, 3.05) is 31.7 Å². The van der Waals surface area contributed by atoms with Crippen LogP contribution in [0.4, 0.5) is 10.7 Å². The second-order valence-electron chi connectivity index (χ2n) is 4.40. The Morgan fingerprint density at radius 1 is 1.50 bits per heavy atom. The second kappa shape index (κ2) is 5.95. The first kappa shape index (κ1) is 14.6. The van der Waals surface area contributed by atoms with Gasteiger partial charge in [0, 0.05) is 20.6 Å². The van der Waals surface area contributed by atoms with Gasteiger partial charge in [0.05, 0.1) is 6.10 Å². The minimum atomic E-state index is -0.102. The predicted octanol–water partition coefficient (Wildman–Crippen LogP) is 2.25. The fourth-order valence-corrected chi connectivity index (χ4v) is 2.56. The zero-order valence-corrected chi connectivity index (χ0v) is 12.4. The maximum Gasteiger partial charge on any atom is 0.265 e. The van der Waals surface area contributed by atoms with Crippen LogP contribution in [-0.4, -0.2) is 37.6 Å². The normalized spacial score (nSPS) is 10.6. The Morgan fingerprint density at radius 3 is 2.56 bits per heavy atom. The molecule has 0 bridgehead atoms. The molecule has 0 radical (unpaired) electrons. The fraction of sp³-hybridized carbons (Fsp3) is 0.583. The van der Waals surface area contributed by atoms with E-state index >= 15 is 0 Å². The molecule has 0 aliphatic rings. The molecule has 6 heteroatoms. The fourth-order valence-electron chi connectivity index (χ4n) is 1.42. The molecule has 0 unspecified atom stereocenters. The van der Waals surface area contributed by atoms with Crippen molar-refractivity contribution in [3.63, 3.8) is 0 Å². The number of nitrogens with zero attached hydrogens (tertiary/aromatic N) is 1. The van der Waals surface area contributed by atoms with Gasteiger partial charge in [0.25, 0.3) is 5.91 Å². The molecule has 0 saturated carbocycles. The van der Waals surface area contributed by atoms with Crippen LogP contribution in [0.1, 0.15) is 30.4 Å². The second-order valence-corrected chi connectivity index (χ2v) is 5.42. The first-order chi connectivity index (χ1) is 8.38. The first-order valence-corrected chi connectivity index (χ1v) is 6.74. The molecule has 1 heterocycles. The number of carbonyl (C=O) groups excluding carboxylic acids is 1. The van der Waals surface area contributed by atoms with Gasteiger partial charge in [0.1, 0.15) is 15.6 Å². The lowest BCUT2D eigenvalue weighted by molar-refractivity contribution is 0.0833. The number of anilines is 2. The van der Waals surface area contributed by atoms with Crippen molar-refractivity contribution < 1.29 is 9.53 Å². The lowest BCUT2D eigenvalue weighted by Gasteiger charge is -2.12. The molecule has 18 heavy (non-hydrogen) atoms. The summed E-state index contributed by atoms with van der Waals surface area (Å²) in [5.74, 6) is 0.484. The van der Waals surface area contributed by atoms with Crippen LogP contribution in [-0.2, 0) is 0 Å². The number of nitrogens with one attached hydrogen (secondary N) is 1. The van der Waals surface area contributed by atoms with E-state index in [0.717, 1.165) is 11.5 Å². The summed E-state index contributed by atoms with van der Waals surface area (Å²) >= 11 is 1.34. The van der Waals surface area contributed by atoms with E-state index in [4.69, 9.17) is 10.5 Å². The highest BCUT2D eigenvalue weighted by Crippen LogP contribution is 2.43. The van der Waals surface area contributed by atoms with Crippen LogP contribution < -0.4 is 15.8 Å². The highest BCUT2D eigenvalue weighted by molar-refractivity contribution is 7.19. The molecule has 1 amide bonds. The molecule has 0 atom stereocenters. The average molecular weight is 271 g/mol. The van der Waals surface area contributed by atoms with Gasteiger partial charge in [-0.15, -0.1) is 11.3 Å². The third kappa shape index (κ3) is 3.07. The smallest absolute Gasteiger partial charge is 0.265 e. The molecule has 1 aromatic rings. The van der Waals surface area contributed by atoms with Crippen molar-refractivity contribution in [1.82, 2.24) is 4.90 Å². The standard InChI is InChI=1S/C12H21N3O2S/c1-6-14-11-9(17-7(2)3)8(13)10(18-11)12(16)15(4)5/h7,14H,6,13H2,1-5H3. The molecule has 0 aliphatic carbocycles. The van der Waals surface area contributed by atoms with Crippen LogP contribution in [0, 0.1) is 0 Å². The Bertz CT molecular complexity index is 427. The third-order valence-corrected chi connectivity index (χ3v) is 3.32. The van der Waals surface area contributed by atoms with Crippen molar-refractivity contribution in [2.24, 2.45) is 0 Å². The van der Waals surface area contributed by atoms with Gasteiger partial charge in [-0.3, -0.25) is 4.79 Å². The number of hydrogen-bond donors (Lipinski definition) is 2. The highest BCUT2D eigenvalue weighted by atomic mass is 32.1. The summed E-state index contributed by atoms with van der Waals surface area (Å²) in [6.07, 6.45) is 0.0154. The summed E-state index contributed by atoms with van der Waals surface area (Å²) in [4.78, 5) is 14.0. The van der Waals surface area contributed by atoms with E-state index in [2.05, 4.69) is 5.32 Å². The number of amides is 1. The quantitative estimate of drug-likeness (QED) is 0.862. The van der Waals surface area contributed by atoms with Crippen LogP contribution in [0.25, 0.3) is 0 Å². The van der Waals surface area contributed by atoms with Gasteiger partial charge in [0.15, 0.2) is 5.75 Å². The Balaban J connectivity index is 3.18. The zero-order chi connectivity index (χ0) is 13.9. The number of ether oxygens (including phenoxy) is 1. The number of carbonyl (C=O) groups is 1. The van der Waals surface area contributed by atoms with Gasteiger partial charge in [0.2, 0.25) is 0 Å². The topological polar surface area (TPSA) is 67.6 Å². The van der Waals surface area contributed by atoms with E-state index in [-0.39, 0.29) is 12.0 Å². The predicted molar refractivity (Wildman–Crippen MR) is 76.7 cm³/mol. The number of thiophene rings is 1. The van der Waals surface area contributed by atoms with E-state index in [1.165, 1.54) is 16.2 Å². The SMILES string of the molecule is CCNc1sc(C(=O)N(C)C)c(N)c1OC(C)C. The first-order valence-electron chi connectivity index (χ1n) is 5.92. The maximum absolute atomic E-state index is 12.0. The number of rotatable bonds is 5. The molecule has 102 valence electrons. The Kier molecular flexibility index (Phi) is 4.84. The molecule has 0 spiro atoms. The third-order valence-electron chi connectivity index (χ3n) is 2.19. The van der Waals surface area contributed by atoms with Gasteiger partial charge in [-0.2, -0.15) is 0 Å². The summed E-state index contributed by atoms with van der Waals surface area (Å²) in [6.45, 7) is 6.60. The lowest BCUT2D eigenvalue weighted by Crippen LogP contribution is -2.21. The average Bonchev–Trinajstić information content (AvgIpc) is 2.56. The minimum Gasteiger partial charge on any atom is -0.486 e. The van der Waals surface area contributed by atoms with Crippen LogP contribution in [0.3, 0.4) is 0 Å². The van der Waals surface area contributed by atoms with Crippen molar-refractivity contribution in [3.8, 4) is 5.75 Å². The monoisotopic (exact) mass is 271 g/mol. The van der Waals surface area contributed by atoms with E-state index in [1.54, 1.807) is 14.1 Å². The van der Waals surface area contributed by atoms with Crippen LogP contribution in [0.15, 0.2) is 0 Å².